The maximum Gasteiger partial charge on any atom is 0.418 e. The van der Waals surface area contributed by atoms with Crippen molar-refractivity contribution in [1.82, 2.24) is 0 Å². The predicted octanol–water partition coefficient (Wildman–Crippen LogP) is 5.25. The summed E-state index contributed by atoms with van der Waals surface area (Å²) in [6, 6.07) is 8.03. The lowest BCUT2D eigenvalue weighted by atomic mass is 10.1. The second-order valence-corrected chi connectivity index (χ2v) is 7.68. The van der Waals surface area contributed by atoms with Gasteiger partial charge in [0.2, 0.25) is 6.79 Å². The molecule has 4 rings (SSSR count). The third-order valence-corrected chi connectivity index (χ3v) is 5.63. The smallest absolute Gasteiger partial charge is 0.418 e. The summed E-state index contributed by atoms with van der Waals surface area (Å²) in [5.74, 6) is 0.351. The van der Waals surface area contributed by atoms with Crippen LogP contribution < -0.4 is 14.4 Å². The number of benzene rings is 2. The highest BCUT2D eigenvalue weighted by molar-refractivity contribution is 9.10. The number of alkyl halides is 3. The highest BCUT2D eigenvalue weighted by Crippen LogP contribution is 2.43. The Morgan fingerprint density at radius 1 is 1.18 bits per heavy atom. The van der Waals surface area contributed by atoms with Crippen molar-refractivity contribution < 1.29 is 27.4 Å². The molecule has 28 heavy (non-hydrogen) atoms. The molecule has 0 atom stereocenters. The highest BCUT2D eigenvalue weighted by atomic mass is 79.9. The second-order valence-electron chi connectivity index (χ2n) is 5.80. The Kier molecular flexibility index (Phi) is 4.62. The number of carbonyl (C=O) groups is 1. The Morgan fingerprint density at radius 3 is 2.57 bits per heavy atom. The van der Waals surface area contributed by atoms with Crippen LogP contribution in [0.3, 0.4) is 0 Å². The number of thioether (sulfide) groups is 1. The summed E-state index contributed by atoms with van der Waals surface area (Å²) in [7, 11) is 0. The number of para-hydroxylation sites is 1. The number of hydrogen-bond donors (Lipinski definition) is 1. The number of anilines is 1. The molecule has 0 radical (unpaired) electrons. The van der Waals surface area contributed by atoms with Gasteiger partial charge in [0.1, 0.15) is 0 Å². The first-order valence-electron chi connectivity index (χ1n) is 7.83. The second kappa shape index (κ2) is 6.85. The molecule has 1 fully saturated rings. The molecule has 0 unspecified atom stereocenters. The van der Waals surface area contributed by atoms with Crippen molar-refractivity contribution >= 4 is 50.5 Å². The summed E-state index contributed by atoms with van der Waals surface area (Å²) < 4.78 is 51.2. The molecule has 2 aliphatic heterocycles. The predicted molar refractivity (Wildman–Crippen MR) is 102 cm³/mol. The Labute approximate surface area is 169 Å². The van der Waals surface area contributed by atoms with E-state index >= 15 is 0 Å². The molecule has 2 aliphatic rings. The molecule has 144 valence electrons. The van der Waals surface area contributed by atoms with Crippen LogP contribution in [0.25, 0.3) is 6.08 Å². The molecular formula is C18H10BrF3N2O3S. The van der Waals surface area contributed by atoms with E-state index < -0.39 is 17.6 Å². The van der Waals surface area contributed by atoms with E-state index in [4.69, 9.17) is 14.9 Å². The summed E-state index contributed by atoms with van der Waals surface area (Å²) in [4.78, 5) is 13.7. The van der Waals surface area contributed by atoms with Crippen LogP contribution in [-0.4, -0.2) is 17.9 Å². The van der Waals surface area contributed by atoms with Gasteiger partial charge in [-0.3, -0.25) is 15.1 Å². The zero-order valence-corrected chi connectivity index (χ0v) is 16.2. The van der Waals surface area contributed by atoms with Crippen LogP contribution in [-0.2, 0) is 11.0 Å². The Hall–Kier alpha value is -2.46. The quantitative estimate of drug-likeness (QED) is 0.608. The van der Waals surface area contributed by atoms with E-state index in [-0.39, 0.29) is 22.6 Å². The summed E-state index contributed by atoms with van der Waals surface area (Å²) in [5.41, 5.74) is -0.760. The van der Waals surface area contributed by atoms with E-state index in [1.54, 1.807) is 12.1 Å². The van der Waals surface area contributed by atoms with Crippen molar-refractivity contribution in [2.45, 2.75) is 6.18 Å². The molecule has 0 bridgehead atoms. The third kappa shape index (κ3) is 3.26. The lowest BCUT2D eigenvalue weighted by molar-refractivity contribution is -0.137. The number of ether oxygens (including phenoxy) is 2. The van der Waals surface area contributed by atoms with Crippen LogP contribution in [0.5, 0.6) is 11.5 Å². The largest absolute Gasteiger partial charge is 0.454 e. The Balaban J connectivity index is 1.73. The summed E-state index contributed by atoms with van der Waals surface area (Å²) in [6.07, 6.45) is -3.14. The molecular weight excluding hydrogens is 461 g/mol. The molecule has 2 aromatic rings. The fourth-order valence-electron chi connectivity index (χ4n) is 2.80. The van der Waals surface area contributed by atoms with Crippen molar-refractivity contribution in [3.05, 3.63) is 56.9 Å². The fraction of sp³-hybridized carbons (Fsp3) is 0.111. The van der Waals surface area contributed by atoms with Crippen LogP contribution in [0.4, 0.5) is 18.9 Å². The van der Waals surface area contributed by atoms with Crippen LogP contribution in [0.2, 0.25) is 0 Å². The molecule has 1 saturated heterocycles. The van der Waals surface area contributed by atoms with Crippen molar-refractivity contribution in [2.75, 3.05) is 11.7 Å². The molecule has 0 saturated carbocycles. The molecule has 2 heterocycles. The monoisotopic (exact) mass is 470 g/mol. The van der Waals surface area contributed by atoms with Crippen molar-refractivity contribution in [3.63, 3.8) is 0 Å². The van der Waals surface area contributed by atoms with Gasteiger partial charge in [0, 0.05) is 4.47 Å². The number of nitrogens with zero attached hydrogens (tertiary/aromatic N) is 1. The lowest BCUT2D eigenvalue weighted by Gasteiger charge is -2.19. The third-order valence-electron chi connectivity index (χ3n) is 4.05. The first-order valence-corrected chi connectivity index (χ1v) is 9.44. The Morgan fingerprint density at radius 2 is 1.86 bits per heavy atom. The minimum Gasteiger partial charge on any atom is -0.454 e. The van der Waals surface area contributed by atoms with Crippen molar-refractivity contribution in [2.24, 2.45) is 0 Å². The summed E-state index contributed by atoms with van der Waals surface area (Å²) in [6.45, 7) is 0.0854. The minimum atomic E-state index is -4.64. The van der Waals surface area contributed by atoms with Gasteiger partial charge in [-0.15, -0.1) is 0 Å². The van der Waals surface area contributed by atoms with Gasteiger partial charge in [0.25, 0.3) is 5.91 Å². The van der Waals surface area contributed by atoms with Gasteiger partial charge in [0.15, 0.2) is 16.7 Å². The Bertz CT molecular complexity index is 1040. The number of amides is 1. The minimum absolute atomic E-state index is 0.0854. The molecule has 0 spiro atoms. The lowest BCUT2D eigenvalue weighted by Crippen LogP contribution is -2.30. The van der Waals surface area contributed by atoms with Gasteiger partial charge < -0.3 is 9.47 Å². The van der Waals surface area contributed by atoms with Gasteiger partial charge in [-0.25, -0.2) is 0 Å². The van der Waals surface area contributed by atoms with Crippen LogP contribution in [0.15, 0.2) is 45.8 Å². The fourth-order valence-corrected chi connectivity index (χ4v) is 4.08. The van der Waals surface area contributed by atoms with Crippen LogP contribution in [0.1, 0.15) is 11.1 Å². The van der Waals surface area contributed by atoms with E-state index in [9.17, 15) is 18.0 Å². The average molecular weight is 471 g/mol. The number of amidine groups is 1. The van der Waals surface area contributed by atoms with E-state index in [0.29, 0.717) is 21.5 Å². The molecule has 0 aliphatic carbocycles. The number of rotatable bonds is 2. The maximum absolute atomic E-state index is 13.3. The zero-order valence-electron chi connectivity index (χ0n) is 13.8. The molecule has 2 aromatic carbocycles. The summed E-state index contributed by atoms with van der Waals surface area (Å²) in [5, 5.41) is 7.75. The number of hydrogen-bond acceptors (Lipinski definition) is 5. The number of carbonyl (C=O) groups excluding carboxylic acids is 1. The zero-order chi connectivity index (χ0) is 20.1. The highest BCUT2D eigenvalue weighted by Gasteiger charge is 2.40. The van der Waals surface area contributed by atoms with Gasteiger partial charge >= 0.3 is 6.18 Å². The van der Waals surface area contributed by atoms with E-state index in [1.807, 2.05) is 0 Å². The van der Waals surface area contributed by atoms with E-state index in [2.05, 4.69) is 15.9 Å². The number of nitrogens with one attached hydrogen (secondary N) is 1. The normalized spacial score (nSPS) is 17.7. The van der Waals surface area contributed by atoms with Crippen molar-refractivity contribution in [3.8, 4) is 11.5 Å². The molecule has 10 heteroatoms. The average Bonchev–Trinajstić information content (AvgIpc) is 3.18. The molecule has 1 N–H and O–H groups in total. The maximum atomic E-state index is 13.3. The van der Waals surface area contributed by atoms with Gasteiger partial charge in [0.05, 0.1) is 16.2 Å². The summed E-state index contributed by atoms with van der Waals surface area (Å²) >= 11 is 4.17. The standard InChI is InChI=1S/C18H10BrF3N2O3S/c19-11-7-14-13(26-8-27-14)5-9(11)6-15-16(25)24(17(23)28-15)12-4-2-1-3-10(12)18(20,21)22/h1-7,23H,8H2/b15-6-,23-17?. The molecule has 0 aromatic heterocycles. The van der Waals surface area contributed by atoms with Crippen LogP contribution in [0, 0.1) is 5.41 Å². The van der Waals surface area contributed by atoms with Crippen molar-refractivity contribution in [1.29, 1.82) is 5.41 Å². The number of halogens is 4. The first kappa shape index (κ1) is 18.9. The topological polar surface area (TPSA) is 62.6 Å². The molecule has 5 nitrogen and oxygen atoms in total. The van der Waals surface area contributed by atoms with E-state index in [0.717, 1.165) is 22.7 Å². The first-order chi connectivity index (χ1) is 13.3. The van der Waals surface area contributed by atoms with Crippen LogP contribution >= 0.6 is 27.7 Å². The van der Waals surface area contributed by atoms with Gasteiger partial charge in [-0.2, -0.15) is 13.2 Å². The van der Waals surface area contributed by atoms with Gasteiger partial charge in [-0.1, -0.05) is 28.1 Å². The SMILES string of the molecule is N=C1S/C(=C\c2cc3c(cc2Br)OCO3)C(=O)N1c1ccccc1C(F)(F)F. The van der Waals surface area contributed by atoms with Gasteiger partial charge in [-0.05, 0) is 47.7 Å². The number of fused-ring (bicyclic) bond motifs is 1. The van der Waals surface area contributed by atoms with E-state index in [1.165, 1.54) is 24.3 Å². The molecule has 1 amide bonds.